The number of carbonyl (C=O) groups is 1. The fourth-order valence-corrected chi connectivity index (χ4v) is 4.38. The number of halogens is 3. The Kier molecular flexibility index (Phi) is 6.63. The molecule has 0 aliphatic carbocycles. The second-order valence-electron chi connectivity index (χ2n) is 7.84. The Balaban J connectivity index is 1.32. The van der Waals surface area contributed by atoms with Gasteiger partial charge in [0, 0.05) is 61.6 Å². The summed E-state index contributed by atoms with van der Waals surface area (Å²) in [6.07, 6.45) is 2.35. The number of amides is 2. The lowest BCUT2D eigenvalue weighted by atomic mass is 10.3. The molecule has 2 aliphatic rings. The molecule has 4 rings (SSSR count). The normalized spacial score (nSPS) is 17.1. The van der Waals surface area contributed by atoms with Crippen LogP contribution in [0.4, 0.5) is 35.4 Å². The maximum Gasteiger partial charge on any atom is 0.446 e. The van der Waals surface area contributed by atoms with E-state index in [4.69, 9.17) is 4.98 Å². The van der Waals surface area contributed by atoms with Crippen LogP contribution in [0.5, 0.6) is 0 Å². The maximum atomic E-state index is 12.6. The minimum absolute atomic E-state index is 0.0792. The second kappa shape index (κ2) is 9.43. The van der Waals surface area contributed by atoms with Gasteiger partial charge in [0.25, 0.3) is 0 Å². The van der Waals surface area contributed by atoms with Crippen molar-refractivity contribution in [3.63, 3.8) is 0 Å². The second-order valence-corrected chi connectivity index (χ2v) is 8.98. The highest BCUT2D eigenvalue weighted by Gasteiger charge is 2.29. The van der Waals surface area contributed by atoms with Crippen LogP contribution in [0.15, 0.2) is 35.2 Å². The Morgan fingerprint density at radius 2 is 1.62 bits per heavy atom. The fraction of sp³-hybridized carbons (Fsp3) is 0.476. The first-order valence-corrected chi connectivity index (χ1v) is 11.4. The first-order valence-electron chi connectivity index (χ1n) is 10.5. The van der Waals surface area contributed by atoms with Gasteiger partial charge in [0.1, 0.15) is 5.82 Å². The van der Waals surface area contributed by atoms with Crippen LogP contribution >= 0.6 is 11.8 Å². The van der Waals surface area contributed by atoms with Crippen LogP contribution in [-0.2, 0) is 0 Å². The molecule has 0 bridgehead atoms. The molecule has 11 heteroatoms. The molecular formula is C21H25F3N6OS. The molecule has 2 aliphatic heterocycles. The largest absolute Gasteiger partial charge is 0.446 e. The Bertz CT molecular complexity index is 942. The van der Waals surface area contributed by atoms with E-state index >= 15 is 0 Å². The van der Waals surface area contributed by atoms with Crippen LogP contribution < -0.4 is 15.1 Å². The number of hydrogen-bond donors (Lipinski definition) is 1. The predicted molar refractivity (Wildman–Crippen MR) is 119 cm³/mol. The van der Waals surface area contributed by atoms with Gasteiger partial charge >= 0.3 is 11.5 Å². The minimum Gasteiger partial charge on any atom is -0.356 e. The number of benzene rings is 1. The molecule has 32 heavy (non-hydrogen) atoms. The molecule has 3 heterocycles. The zero-order valence-electron chi connectivity index (χ0n) is 17.7. The number of alkyl halides is 3. The van der Waals surface area contributed by atoms with E-state index in [2.05, 4.69) is 20.1 Å². The molecule has 2 fully saturated rings. The van der Waals surface area contributed by atoms with E-state index in [9.17, 15) is 18.0 Å². The zero-order chi connectivity index (χ0) is 22.7. The lowest BCUT2D eigenvalue weighted by Crippen LogP contribution is -2.50. The van der Waals surface area contributed by atoms with Crippen LogP contribution in [0.25, 0.3) is 0 Å². The molecule has 0 spiro atoms. The van der Waals surface area contributed by atoms with Crippen molar-refractivity contribution in [1.29, 1.82) is 0 Å². The van der Waals surface area contributed by atoms with Gasteiger partial charge < -0.3 is 20.0 Å². The summed E-state index contributed by atoms with van der Waals surface area (Å²) in [5.41, 5.74) is -2.95. The van der Waals surface area contributed by atoms with Crippen molar-refractivity contribution < 1.29 is 18.0 Å². The van der Waals surface area contributed by atoms with Crippen molar-refractivity contribution in [1.82, 2.24) is 14.9 Å². The van der Waals surface area contributed by atoms with Crippen molar-refractivity contribution in [2.24, 2.45) is 0 Å². The van der Waals surface area contributed by atoms with Crippen molar-refractivity contribution in [3.05, 3.63) is 36.0 Å². The van der Waals surface area contributed by atoms with Gasteiger partial charge in [-0.15, -0.1) is 0 Å². The summed E-state index contributed by atoms with van der Waals surface area (Å²) in [5, 5.41) is 2.75. The molecule has 2 aromatic rings. The van der Waals surface area contributed by atoms with E-state index in [1.165, 1.54) is 37.1 Å². The molecular weight excluding hydrogens is 441 g/mol. The lowest BCUT2D eigenvalue weighted by Gasteiger charge is -2.35. The quantitative estimate of drug-likeness (QED) is 0.676. The van der Waals surface area contributed by atoms with E-state index in [1.54, 1.807) is 4.90 Å². The number of thioether (sulfide) groups is 1. The van der Waals surface area contributed by atoms with Crippen LogP contribution in [0.2, 0.25) is 0 Å². The third-order valence-corrected chi connectivity index (χ3v) is 6.19. The van der Waals surface area contributed by atoms with E-state index in [-0.39, 0.29) is 22.7 Å². The SMILES string of the molecule is Cc1cc(N2CCCC2)nc(N2CCN(C(=O)Nc3ccc(SC(F)(F)F)cc3)CC2)n1. The maximum absolute atomic E-state index is 12.6. The number of rotatable bonds is 4. The monoisotopic (exact) mass is 466 g/mol. The number of carbonyl (C=O) groups excluding carboxylic acids is 1. The topological polar surface area (TPSA) is 64.6 Å². The molecule has 1 N–H and O–H groups in total. The molecule has 0 unspecified atom stereocenters. The summed E-state index contributed by atoms with van der Waals surface area (Å²) in [5.74, 6) is 1.64. The summed E-state index contributed by atoms with van der Waals surface area (Å²) >= 11 is -0.179. The summed E-state index contributed by atoms with van der Waals surface area (Å²) in [7, 11) is 0. The molecule has 2 amide bonds. The number of aryl methyl sites for hydroxylation is 1. The Morgan fingerprint density at radius 1 is 0.969 bits per heavy atom. The smallest absolute Gasteiger partial charge is 0.356 e. The summed E-state index contributed by atoms with van der Waals surface area (Å²) in [4.78, 5) is 28.0. The number of aromatic nitrogens is 2. The van der Waals surface area contributed by atoms with Gasteiger partial charge in [-0.05, 0) is 55.8 Å². The summed E-state index contributed by atoms with van der Waals surface area (Å²) in [6, 6.07) is 7.38. The Morgan fingerprint density at radius 3 is 2.25 bits per heavy atom. The Hall–Kier alpha value is -2.69. The van der Waals surface area contributed by atoms with Gasteiger partial charge in [-0.25, -0.2) is 9.78 Å². The molecule has 0 radical (unpaired) electrons. The van der Waals surface area contributed by atoms with Gasteiger partial charge in [0.05, 0.1) is 0 Å². The Labute approximate surface area is 189 Å². The van der Waals surface area contributed by atoms with Crippen LogP contribution in [0.1, 0.15) is 18.5 Å². The average molecular weight is 467 g/mol. The van der Waals surface area contributed by atoms with Crippen LogP contribution in [-0.4, -0.2) is 65.7 Å². The number of hydrogen-bond acceptors (Lipinski definition) is 6. The van der Waals surface area contributed by atoms with Crippen molar-refractivity contribution >= 4 is 35.2 Å². The van der Waals surface area contributed by atoms with Gasteiger partial charge in [0.2, 0.25) is 5.95 Å². The van der Waals surface area contributed by atoms with Crippen LogP contribution in [0, 0.1) is 6.92 Å². The first kappa shape index (κ1) is 22.5. The van der Waals surface area contributed by atoms with E-state index in [0.29, 0.717) is 37.8 Å². The molecule has 1 aromatic carbocycles. The predicted octanol–water partition coefficient (Wildman–Crippen LogP) is 4.35. The molecule has 0 atom stereocenters. The third kappa shape index (κ3) is 5.76. The molecule has 172 valence electrons. The van der Waals surface area contributed by atoms with Crippen molar-refractivity contribution in [3.8, 4) is 0 Å². The van der Waals surface area contributed by atoms with Gasteiger partial charge in [-0.1, -0.05) is 0 Å². The summed E-state index contributed by atoms with van der Waals surface area (Å²) < 4.78 is 37.3. The first-order chi connectivity index (χ1) is 15.3. The minimum atomic E-state index is -4.33. The average Bonchev–Trinajstić information content (AvgIpc) is 3.29. The van der Waals surface area contributed by atoms with Gasteiger partial charge in [-0.3, -0.25) is 0 Å². The van der Waals surface area contributed by atoms with Crippen molar-refractivity contribution in [2.75, 3.05) is 54.4 Å². The van der Waals surface area contributed by atoms with Crippen molar-refractivity contribution in [2.45, 2.75) is 30.2 Å². The van der Waals surface area contributed by atoms with Gasteiger partial charge in [-0.2, -0.15) is 18.2 Å². The number of anilines is 3. The highest BCUT2D eigenvalue weighted by atomic mass is 32.2. The fourth-order valence-electron chi connectivity index (χ4n) is 3.84. The van der Waals surface area contributed by atoms with Crippen LogP contribution in [0.3, 0.4) is 0 Å². The van der Waals surface area contributed by atoms with E-state index in [0.717, 1.165) is 24.6 Å². The number of piperazine rings is 1. The summed E-state index contributed by atoms with van der Waals surface area (Å²) in [6.45, 7) is 6.22. The molecule has 0 saturated carbocycles. The third-order valence-electron chi connectivity index (χ3n) is 5.45. The number of nitrogens with one attached hydrogen (secondary N) is 1. The molecule has 2 saturated heterocycles. The van der Waals surface area contributed by atoms with E-state index in [1.807, 2.05) is 13.0 Å². The molecule has 1 aromatic heterocycles. The standard InChI is InChI=1S/C21H25F3N6OS/c1-15-14-18(28-8-2-3-9-28)27-19(25-15)29-10-12-30(13-11-29)20(31)26-16-4-6-17(7-5-16)32-21(22,23)24/h4-7,14H,2-3,8-13H2,1H3,(H,26,31). The number of urea groups is 1. The molecule has 7 nitrogen and oxygen atoms in total. The highest BCUT2D eigenvalue weighted by Crippen LogP contribution is 2.37. The zero-order valence-corrected chi connectivity index (χ0v) is 18.5. The lowest BCUT2D eigenvalue weighted by molar-refractivity contribution is -0.0328. The van der Waals surface area contributed by atoms with Gasteiger partial charge in [0.15, 0.2) is 0 Å². The van der Waals surface area contributed by atoms with E-state index < -0.39 is 5.51 Å². The number of nitrogens with zero attached hydrogens (tertiary/aromatic N) is 5. The highest BCUT2D eigenvalue weighted by molar-refractivity contribution is 8.00.